The summed E-state index contributed by atoms with van der Waals surface area (Å²) < 4.78 is 10.5. The standard InChI is InChI=1S/C15H17ClN2O2/c1-9-6-10(4-5-12(9)17)18-13-7-11(16)14(19-2)8-15(13)20-3/h4-8,18H,17H2,1-3H3. The molecule has 3 N–H and O–H groups in total. The van der Waals surface area contributed by atoms with Crippen LogP contribution in [0.4, 0.5) is 17.1 Å². The van der Waals surface area contributed by atoms with E-state index in [-0.39, 0.29) is 0 Å². The summed E-state index contributed by atoms with van der Waals surface area (Å²) in [5.41, 5.74) is 9.26. The SMILES string of the molecule is COc1cc(OC)c(Nc2ccc(N)c(C)c2)cc1Cl. The first-order valence-corrected chi connectivity index (χ1v) is 6.47. The number of hydrogen-bond acceptors (Lipinski definition) is 4. The van der Waals surface area contributed by atoms with Gasteiger partial charge < -0.3 is 20.5 Å². The van der Waals surface area contributed by atoms with Crippen LogP contribution in [-0.2, 0) is 0 Å². The highest BCUT2D eigenvalue weighted by Crippen LogP contribution is 2.37. The van der Waals surface area contributed by atoms with E-state index in [1.807, 2.05) is 25.1 Å². The first-order valence-electron chi connectivity index (χ1n) is 6.10. The van der Waals surface area contributed by atoms with Crippen LogP contribution in [0.25, 0.3) is 0 Å². The van der Waals surface area contributed by atoms with Crippen molar-refractivity contribution < 1.29 is 9.47 Å². The highest BCUT2D eigenvalue weighted by atomic mass is 35.5. The van der Waals surface area contributed by atoms with Gasteiger partial charge in [-0.05, 0) is 36.8 Å². The molecule has 20 heavy (non-hydrogen) atoms. The number of anilines is 3. The lowest BCUT2D eigenvalue weighted by molar-refractivity contribution is 0.396. The summed E-state index contributed by atoms with van der Waals surface area (Å²) in [6.45, 7) is 1.96. The van der Waals surface area contributed by atoms with Gasteiger partial charge in [0.25, 0.3) is 0 Å². The normalized spacial score (nSPS) is 10.2. The Balaban J connectivity index is 2.37. The summed E-state index contributed by atoms with van der Waals surface area (Å²) in [5, 5.41) is 3.78. The molecule has 0 bridgehead atoms. The fourth-order valence-corrected chi connectivity index (χ4v) is 2.11. The Morgan fingerprint density at radius 1 is 1.05 bits per heavy atom. The summed E-state index contributed by atoms with van der Waals surface area (Å²) in [7, 11) is 3.17. The van der Waals surface area contributed by atoms with Gasteiger partial charge in [0.1, 0.15) is 11.5 Å². The molecule has 0 amide bonds. The van der Waals surface area contributed by atoms with Crippen molar-refractivity contribution in [3.8, 4) is 11.5 Å². The molecule has 2 aromatic carbocycles. The molecular weight excluding hydrogens is 276 g/mol. The zero-order valence-electron chi connectivity index (χ0n) is 11.7. The average molecular weight is 293 g/mol. The Morgan fingerprint density at radius 3 is 2.35 bits per heavy atom. The average Bonchev–Trinajstić information content (AvgIpc) is 2.43. The van der Waals surface area contributed by atoms with E-state index in [0.29, 0.717) is 16.5 Å². The van der Waals surface area contributed by atoms with Crippen LogP contribution in [0.15, 0.2) is 30.3 Å². The number of benzene rings is 2. The predicted octanol–water partition coefficient (Wildman–Crippen LogP) is 3.99. The molecule has 0 saturated carbocycles. The molecule has 0 aliphatic heterocycles. The van der Waals surface area contributed by atoms with Crippen molar-refractivity contribution in [3.05, 3.63) is 40.9 Å². The van der Waals surface area contributed by atoms with Gasteiger partial charge in [-0.2, -0.15) is 0 Å². The van der Waals surface area contributed by atoms with Crippen molar-refractivity contribution >= 4 is 28.7 Å². The maximum absolute atomic E-state index is 6.14. The molecule has 5 heteroatoms. The number of nitrogen functional groups attached to an aromatic ring is 1. The number of ether oxygens (including phenoxy) is 2. The Labute approximate surface area is 123 Å². The molecule has 0 atom stereocenters. The molecular formula is C15H17ClN2O2. The van der Waals surface area contributed by atoms with Crippen molar-refractivity contribution in [2.75, 3.05) is 25.3 Å². The van der Waals surface area contributed by atoms with Crippen molar-refractivity contribution in [1.82, 2.24) is 0 Å². The molecule has 0 aliphatic carbocycles. The number of rotatable bonds is 4. The number of hydrogen-bond donors (Lipinski definition) is 2. The molecule has 0 radical (unpaired) electrons. The van der Waals surface area contributed by atoms with Crippen LogP contribution >= 0.6 is 11.6 Å². The van der Waals surface area contributed by atoms with Crippen molar-refractivity contribution in [2.24, 2.45) is 0 Å². The lowest BCUT2D eigenvalue weighted by Gasteiger charge is -2.14. The second-order valence-electron chi connectivity index (χ2n) is 4.38. The molecule has 0 spiro atoms. The van der Waals surface area contributed by atoms with Gasteiger partial charge in [0.05, 0.1) is 24.9 Å². The number of nitrogens with one attached hydrogen (secondary N) is 1. The van der Waals surface area contributed by atoms with E-state index in [1.165, 1.54) is 0 Å². The van der Waals surface area contributed by atoms with Gasteiger partial charge in [-0.3, -0.25) is 0 Å². The third-order valence-electron chi connectivity index (χ3n) is 3.02. The van der Waals surface area contributed by atoms with Crippen LogP contribution in [-0.4, -0.2) is 14.2 Å². The smallest absolute Gasteiger partial charge is 0.146 e. The number of nitrogens with two attached hydrogens (primary N) is 1. The molecule has 0 fully saturated rings. The van der Waals surface area contributed by atoms with Gasteiger partial charge in [0.15, 0.2) is 0 Å². The van der Waals surface area contributed by atoms with Gasteiger partial charge in [0.2, 0.25) is 0 Å². The minimum Gasteiger partial charge on any atom is -0.495 e. The predicted molar refractivity (Wildman–Crippen MR) is 83.4 cm³/mol. The van der Waals surface area contributed by atoms with E-state index >= 15 is 0 Å². The van der Waals surface area contributed by atoms with Crippen LogP contribution in [0.2, 0.25) is 5.02 Å². The molecule has 106 valence electrons. The van der Waals surface area contributed by atoms with Crippen LogP contribution in [0.1, 0.15) is 5.56 Å². The molecule has 2 rings (SSSR count). The maximum atomic E-state index is 6.14. The Kier molecular flexibility index (Phi) is 4.25. The van der Waals surface area contributed by atoms with E-state index in [2.05, 4.69) is 5.32 Å². The quantitative estimate of drug-likeness (QED) is 0.837. The van der Waals surface area contributed by atoms with Crippen LogP contribution < -0.4 is 20.5 Å². The van der Waals surface area contributed by atoms with E-state index in [0.717, 1.165) is 22.6 Å². The molecule has 0 unspecified atom stereocenters. The maximum Gasteiger partial charge on any atom is 0.146 e. The molecule has 0 aliphatic rings. The first kappa shape index (κ1) is 14.3. The summed E-state index contributed by atoms with van der Waals surface area (Å²) >= 11 is 6.14. The zero-order valence-corrected chi connectivity index (χ0v) is 12.4. The summed E-state index contributed by atoms with van der Waals surface area (Å²) in [4.78, 5) is 0. The lowest BCUT2D eigenvalue weighted by atomic mass is 10.1. The highest BCUT2D eigenvalue weighted by molar-refractivity contribution is 6.32. The Hall–Kier alpha value is -2.07. The second-order valence-corrected chi connectivity index (χ2v) is 4.79. The van der Waals surface area contributed by atoms with Crippen LogP contribution in [0.3, 0.4) is 0 Å². The fourth-order valence-electron chi connectivity index (χ4n) is 1.87. The minimum atomic E-state index is 0.517. The van der Waals surface area contributed by atoms with Gasteiger partial charge in [-0.1, -0.05) is 11.6 Å². The van der Waals surface area contributed by atoms with Crippen molar-refractivity contribution in [2.45, 2.75) is 6.92 Å². The third kappa shape index (κ3) is 2.91. The van der Waals surface area contributed by atoms with Gasteiger partial charge in [0, 0.05) is 17.4 Å². The fraction of sp³-hybridized carbons (Fsp3) is 0.200. The lowest BCUT2D eigenvalue weighted by Crippen LogP contribution is -1.97. The van der Waals surface area contributed by atoms with E-state index in [4.69, 9.17) is 26.8 Å². The highest BCUT2D eigenvalue weighted by Gasteiger charge is 2.10. The number of aryl methyl sites for hydroxylation is 1. The van der Waals surface area contributed by atoms with E-state index in [1.54, 1.807) is 26.4 Å². The largest absolute Gasteiger partial charge is 0.495 e. The number of halogens is 1. The van der Waals surface area contributed by atoms with Gasteiger partial charge in [-0.25, -0.2) is 0 Å². The van der Waals surface area contributed by atoms with Crippen LogP contribution in [0, 0.1) is 6.92 Å². The summed E-state index contributed by atoms with van der Waals surface area (Å²) in [6.07, 6.45) is 0. The summed E-state index contributed by atoms with van der Waals surface area (Å²) in [5.74, 6) is 1.23. The third-order valence-corrected chi connectivity index (χ3v) is 3.32. The molecule has 2 aromatic rings. The van der Waals surface area contributed by atoms with Gasteiger partial charge >= 0.3 is 0 Å². The van der Waals surface area contributed by atoms with E-state index in [9.17, 15) is 0 Å². The van der Waals surface area contributed by atoms with Crippen molar-refractivity contribution in [1.29, 1.82) is 0 Å². The topological polar surface area (TPSA) is 56.5 Å². The Morgan fingerprint density at radius 2 is 1.75 bits per heavy atom. The minimum absolute atomic E-state index is 0.517. The zero-order chi connectivity index (χ0) is 14.7. The summed E-state index contributed by atoms with van der Waals surface area (Å²) in [6, 6.07) is 9.24. The van der Waals surface area contributed by atoms with Crippen LogP contribution in [0.5, 0.6) is 11.5 Å². The molecule has 0 heterocycles. The first-order chi connectivity index (χ1) is 9.55. The van der Waals surface area contributed by atoms with Crippen molar-refractivity contribution in [3.63, 3.8) is 0 Å². The van der Waals surface area contributed by atoms with E-state index < -0.39 is 0 Å². The Bertz CT molecular complexity index is 630. The van der Waals surface area contributed by atoms with Gasteiger partial charge in [-0.15, -0.1) is 0 Å². The second kappa shape index (κ2) is 5.92. The molecule has 4 nitrogen and oxygen atoms in total. The molecule has 0 saturated heterocycles. The monoisotopic (exact) mass is 292 g/mol. The molecule has 0 aromatic heterocycles. The number of methoxy groups -OCH3 is 2.